The van der Waals surface area contributed by atoms with Gasteiger partial charge in [-0.1, -0.05) is 61.4 Å². The Balaban J connectivity index is 1.53. The third-order valence-electron chi connectivity index (χ3n) is 5.59. The van der Waals surface area contributed by atoms with Crippen molar-refractivity contribution in [3.63, 3.8) is 0 Å². The molecular formula is C25H33N3O2. The van der Waals surface area contributed by atoms with E-state index in [1.807, 2.05) is 48.5 Å². The van der Waals surface area contributed by atoms with Crippen molar-refractivity contribution in [1.82, 2.24) is 15.5 Å². The van der Waals surface area contributed by atoms with Crippen molar-refractivity contribution < 1.29 is 9.59 Å². The molecule has 30 heavy (non-hydrogen) atoms. The topological polar surface area (TPSA) is 61.4 Å². The van der Waals surface area contributed by atoms with E-state index in [-0.39, 0.29) is 11.8 Å². The third kappa shape index (κ3) is 7.30. The average molecular weight is 408 g/mol. The first kappa shape index (κ1) is 22.0. The summed E-state index contributed by atoms with van der Waals surface area (Å²) in [5.41, 5.74) is 1.58. The van der Waals surface area contributed by atoms with Gasteiger partial charge in [-0.05, 0) is 56.6 Å². The van der Waals surface area contributed by atoms with Gasteiger partial charge in [-0.15, -0.1) is 0 Å². The van der Waals surface area contributed by atoms with E-state index in [0.29, 0.717) is 18.5 Å². The molecular weight excluding hydrogens is 374 g/mol. The Morgan fingerprint density at radius 1 is 0.867 bits per heavy atom. The minimum Gasteiger partial charge on any atom is -0.354 e. The van der Waals surface area contributed by atoms with E-state index in [4.69, 9.17) is 0 Å². The van der Waals surface area contributed by atoms with Gasteiger partial charge in [0.25, 0.3) is 5.91 Å². The lowest BCUT2D eigenvalue weighted by molar-refractivity contribution is -0.122. The first-order valence-corrected chi connectivity index (χ1v) is 11.1. The average Bonchev–Trinajstić information content (AvgIpc) is 3.06. The predicted molar refractivity (Wildman–Crippen MR) is 120 cm³/mol. The highest BCUT2D eigenvalue weighted by molar-refractivity contribution is 5.97. The molecule has 2 aromatic rings. The van der Waals surface area contributed by atoms with Crippen LogP contribution in [0.5, 0.6) is 0 Å². The summed E-state index contributed by atoms with van der Waals surface area (Å²) >= 11 is 0. The lowest BCUT2D eigenvalue weighted by atomic mass is 10.0. The van der Waals surface area contributed by atoms with Gasteiger partial charge in [-0.25, -0.2) is 0 Å². The van der Waals surface area contributed by atoms with Crippen molar-refractivity contribution in [3.05, 3.63) is 71.8 Å². The molecule has 5 nitrogen and oxygen atoms in total. The molecule has 0 aliphatic carbocycles. The normalized spacial score (nSPS) is 15.7. The summed E-state index contributed by atoms with van der Waals surface area (Å²) in [7, 11) is 0. The Morgan fingerprint density at radius 3 is 2.17 bits per heavy atom. The van der Waals surface area contributed by atoms with Crippen molar-refractivity contribution in [2.75, 3.05) is 26.2 Å². The highest BCUT2D eigenvalue weighted by atomic mass is 16.2. The molecule has 0 aromatic heterocycles. The van der Waals surface area contributed by atoms with E-state index in [0.717, 1.165) is 31.6 Å². The monoisotopic (exact) mass is 407 g/mol. The summed E-state index contributed by atoms with van der Waals surface area (Å²) < 4.78 is 0. The molecule has 2 amide bonds. The summed E-state index contributed by atoms with van der Waals surface area (Å²) in [5.74, 6) is -0.352. The highest BCUT2D eigenvalue weighted by Crippen LogP contribution is 2.10. The van der Waals surface area contributed by atoms with E-state index < -0.39 is 6.04 Å². The molecule has 5 heteroatoms. The van der Waals surface area contributed by atoms with E-state index in [9.17, 15) is 9.59 Å². The van der Waals surface area contributed by atoms with Crippen LogP contribution >= 0.6 is 0 Å². The quantitative estimate of drug-likeness (QED) is 0.626. The number of benzene rings is 2. The molecule has 3 rings (SSSR count). The molecule has 2 aromatic carbocycles. The first-order valence-electron chi connectivity index (χ1n) is 11.1. The summed E-state index contributed by atoms with van der Waals surface area (Å²) in [5, 5.41) is 5.95. The van der Waals surface area contributed by atoms with Crippen molar-refractivity contribution >= 4 is 11.8 Å². The molecule has 0 radical (unpaired) electrons. The van der Waals surface area contributed by atoms with Crippen LogP contribution in [0.2, 0.25) is 0 Å². The molecule has 1 aliphatic rings. The van der Waals surface area contributed by atoms with Crippen LogP contribution in [0.3, 0.4) is 0 Å². The fourth-order valence-corrected chi connectivity index (χ4v) is 3.89. The molecule has 1 atom stereocenters. The van der Waals surface area contributed by atoms with Crippen LogP contribution in [-0.4, -0.2) is 48.9 Å². The Bertz CT molecular complexity index is 771. The van der Waals surface area contributed by atoms with Crippen LogP contribution < -0.4 is 10.6 Å². The zero-order valence-corrected chi connectivity index (χ0v) is 17.7. The number of hydrogen-bond donors (Lipinski definition) is 2. The molecule has 0 spiro atoms. The van der Waals surface area contributed by atoms with Gasteiger partial charge < -0.3 is 15.5 Å². The van der Waals surface area contributed by atoms with Gasteiger partial charge in [0, 0.05) is 18.5 Å². The molecule has 1 fully saturated rings. The van der Waals surface area contributed by atoms with E-state index in [2.05, 4.69) is 15.5 Å². The molecule has 0 saturated carbocycles. The summed E-state index contributed by atoms with van der Waals surface area (Å²) in [4.78, 5) is 28.0. The van der Waals surface area contributed by atoms with Gasteiger partial charge >= 0.3 is 0 Å². The standard InChI is InChI=1S/C25H33N3O2/c29-24(22-14-7-4-8-15-22)27-23(20-21-12-5-3-6-13-21)25(30)26-16-11-19-28-17-9-1-2-10-18-28/h3-8,12-15,23H,1-2,9-11,16-20H2,(H,26,30)(H,27,29). The lowest BCUT2D eigenvalue weighted by Crippen LogP contribution is -2.48. The Labute approximate surface area is 179 Å². The fourth-order valence-electron chi connectivity index (χ4n) is 3.89. The predicted octanol–water partition coefficient (Wildman–Crippen LogP) is 3.41. The number of nitrogens with zero attached hydrogens (tertiary/aromatic N) is 1. The van der Waals surface area contributed by atoms with Gasteiger partial charge in [-0.2, -0.15) is 0 Å². The number of amides is 2. The van der Waals surface area contributed by atoms with Gasteiger partial charge in [0.1, 0.15) is 6.04 Å². The van der Waals surface area contributed by atoms with Gasteiger partial charge in [0.15, 0.2) is 0 Å². The maximum atomic E-state index is 12.9. The molecule has 1 heterocycles. The number of carbonyl (C=O) groups is 2. The minimum atomic E-state index is -0.599. The van der Waals surface area contributed by atoms with E-state index in [1.54, 1.807) is 12.1 Å². The van der Waals surface area contributed by atoms with Gasteiger partial charge in [0.05, 0.1) is 0 Å². The van der Waals surface area contributed by atoms with Crippen LogP contribution in [0.25, 0.3) is 0 Å². The number of hydrogen-bond acceptors (Lipinski definition) is 3. The minimum absolute atomic E-state index is 0.126. The molecule has 160 valence electrons. The maximum absolute atomic E-state index is 12.9. The second-order valence-corrected chi connectivity index (χ2v) is 7.98. The van der Waals surface area contributed by atoms with Gasteiger partial charge in [0.2, 0.25) is 5.91 Å². The van der Waals surface area contributed by atoms with Crippen LogP contribution in [0.1, 0.15) is 48.0 Å². The zero-order chi connectivity index (χ0) is 21.0. The number of nitrogens with one attached hydrogen (secondary N) is 2. The van der Waals surface area contributed by atoms with Crippen molar-refractivity contribution in [2.24, 2.45) is 0 Å². The number of likely N-dealkylation sites (tertiary alicyclic amines) is 1. The Hall–Kier alpha value is -2.66. The largest absolute Gasteiger partial charge is 0.354 e. The van der Waals surface area contributed by atoms with Gasteiger partial charge in [-0.3, -0.25) is 9.59 Å². The second kappa shape index (κ2) is 12.1. The second-order valence-electron chi connectivity index (χ2n) is 7.98. The zero-order valence-electron chi connectivity index (χ0n) is 17.7. The van der Waals surface area contributed by atoms with E-state index >= 15 is 0 Å². The Morgan fingerprint density at radius 2 is 1.50 bits per heavy atom. The SMILES string of the molecule is O=C(NC(Cc1ccccc1)C(=O)NCCCN1CCCCCC1)c1ccccc1. The molecule has 1 saturated heterocycles. The van der Waals surface area contributed by atoms with Crippen LogP contribution in [-0.2, 0) is 11.2 Å². The molecule has 0 bridgehead atoms. The van der Waals surface area contributed by atoms with Crippen LogP contribution in [0, 0.1) is 0 Å². The first-order chi connectivity index (χ1) is 14.7. The third-order valence-corrected chi connectivity index (χ3v) is 5.59. The number of carbonyl (C=O) groups excluding carboxylic acids is 2. The summed E-state index contributed by atoms with van der Waals surface area (Å²) in [6.07, 6.45) is 6.60. The summed E-state index contributed by atoms with van der Waals surface area (Å²) in [6, 6.07) is 18.2. The highest BCUT2D eigenvalue weighted by Gasteiger charge is 2.21. The molecule has 1 aliphatic heterocycles. The molecule has 2 N–H and O–H groups in total. The van der Waals surface area contributed by atoms with Crippen molar-refractivity contribution in [1.29, 1.82) is 0 Å². The lowest BCUT2D eigenvalue weighted by Gasteiger charge is -2.21. The molecule has 1 unspecified atom stereocenters. The fraction of sp³-hybridized carbons (Fsp3) is 0.440. The maximum Gasteiger partial charge on any atom is 0.251 e. The van der Waals surface area contributed by atoms with Crippen molar-refractivity contribution in [3.8, 4) is 0 Å². The van der Waals surface area contributed by atoms with Crippen LogP contribution in [0.4, 0.5) is 0 Å². The summed E-state index contributed by atoms with van der Waals surface area (Å²) in [6.45, 7) is 3.97. The van der Waals surface area contributed by atoms with Crippen molar-refractivity contribution in [2.45, 2.75) is 44.6 Å². The van der Waals surface area contributed by atoms with Crippen LogP contribution in [0.15, 0.2) is 60.7 Å². The smallest absolute Gasteiger partial charge is 0.251 e. The number of rotatable bonds is 9. The Kier molecular flexibility index (Phi) is 8.91. The van der Waals surface area contributed by atoms with E-state index in [1.165, 1.54) is 25.7 Å².